The molecule has 0 bridgehead atoms. The molecule has 8 nitrogen and oxygen atoms in total. The molecule has 0 aliphatic carbocycles. The number of halogens is 2. The van der Waals surface area contributed by atoms with Gasteiger partial charge in [0.2, 0.25) is 15.9 Å². The van der Waals surface area contributed by atoms with Crippen LogP contribution in [0, 0.1) is 0 Å². The van der Waals surface area contributed by atoms with Crippen LogP contribution in [-0.2, 0) is 19.6 Å². The fourth-order valence-electron chi connectivity index (χ4n) is 3.70. The lowest BCUT2D eigenvalue weighted by Crippen LogP contribution is -2.52. The Kier molecular flexibility index (Phi) is 9.94. The lowest BCUT2D eigenvalue weighted by Gasteiger charge is -2.32. The van der Waals surface area contributed by atoms with Crippen LogP contribution in [0.4, 0.5) is 0 Å². The van der Waals surface area contributed by atoms with Gasteiger partial charge in [-0.1, -0.05) is 61.2 Å². The molecule has 1 aliphatic heterocycles. The molecule has 11 heteroatoms. The highest BCUT2D eigenvalue weighted by Gasteiger charge is 2.33. The van der Waals surface area contributed by atoms with Crippen LogP contribution >= 0.6 is 23.2 Å². The normalized spacial score (nSPS) is 17.5. The summed E-state index contributed by atoms with van der Waals surface area (Å²) < 4.78 is 33.2. The minimum atomic E-state index is -3.86. The van der Waals surface area contributed by atoms with Crippen LogP contribution in [0.5, 0.6) is 0 Å². The fraction of sp³-hybridized carbons (Fsp3) is 0.417. The van der Waals surface area contributed by atoms with Gasteiger partial charge in [-0.05, 0) is 36.8 Å². The van der Waals surface area contributed by atoms with Crippen molar-refractivity contribution >= 4 is 45.0 Å². The van der Waals surface area contributed by atoms with Crippen molar-refractivity contribution in [2.24, 2.45) is 0 Å². The topological polar surface area (TPSA) is 105 Å². The van der Waals surface area contributed by atoms with Gasteiger partial charge in [0.05, 0.1) is 17.7 Å². The number of nitrogens with one attached hydrogen (secondary N) is 2. The maximum atomic E-state index is 13.1. The standard InChI is InChI=1S/C24H29Cl2N3O5S/c1-2-3-9-21(28-23(30)17-7-5-4-6-8-17)24(31)27-15-19-16-29(12-13-34-19)35(32,33)22-11-10-18(25)14-20(22)26/h4-8,10-11,14,19,21H,2-3,9,12-13,15-16H2,1H3,(H,27,31)(H,28,30)/t19?,21-/m0/s1. The zero-order valence-corrected chi connectivity index (χ0v) is 21.7. The number of carbonyl (C=O) groups excluding carboxylic acids is 2. The third-order valence-corrected chi connectivity index (χ3v) is 8.20. The maximum absolute atomic E-state index is 13.1. The van der Waals surface area contributed by atoms with E-state index in [1.54, 1.807) is 24.3 Å². The van der Waals surface area contributed by atoms with Crippen LogP contribution in [0.3, 0.4) is 0 Å². The predicted octanol–water partition coefficient (Wildman–Crippen LogP) is 3.49. The minimum Gasteiger partial charge on any atom is -0.374 e. The quantitative estimate of drug-likeness (QED) is 0.479. The van der Waals surface area contributed by atoms with Crippen molar-refractivity contribution in [3.63, 3.8) is 0 Å². The van der Waals surface area contributed by atoms with E-state index in [9.17, 15) is 18.0 Å². The van der Waals surface area contributed by atoms with Crippen molar-refractivity contribution in [3.8, 4) is 0 Å². The fourth-order valence-corrected chi connectivity index (χ4v) is 5.91. The van der Waals surface area contributed by atoms with E-state index in [2.05, 4.69) is 10.6 Å². The van der Waals surface area contributed by atoms with Crippen LogP contribution in [0.2, 0.25) is 10.0 Å². The van der Waals surface area contributed by atoms with Gasteiger partial charge in [-0.15, -0.1) is 0 Å². The SMILES string of the molecule is CCCC[C@H](NC(=O)c1ccccc1)C(=O)NCC1CN(S(=O)(=O)c2ccc(Cl)cc2Cl)CCO1. The van der Waals surface area contributed by atoms with Gasteiger partial charge in [0.15, 0.2) is 0 Å². The average Bonchev–Trinajstić information content (AvgIpc) is 2.85. The van der Waals surface area contributed by atoms with Crippen molar-refractivity contribution in [1.82, 2.24) is 14.9 Å². The molecule has 1 aliphatic rings. The smallest absolute Gasteiger partial charge is 0.251 e. The summed E-state index contributed by atoms with van der Waals surface area (Å²) in [5.41, 5.74) is 0.471. The third-order valence-electron chi connectivity index (χ3n) is 5.62. The molecular weight excluding hydrogens is 513 g/mol. The van der Waals surface area contributed by atoms with E-state index in [1.165, 1.54) is 22.5 Å². The Morgan fingerprint density at radius 1 is 1.17 bits per heavy atom. The molecule has 2 amide bonds. The lowest BCUT2D eigenvalue weighted by atomic mass is 10.1. The summed E-state index contributed by atoms with van der Waals surface area (Å²) in [5, 5.41) is 5.99. The van der Waals surface area contributed by atoms with E-state index < -0.39 is 22.2 Å². The van der Waals surface area contributed by atoms with Crippen molar-refractivity contribution < 1.29 is 22.7 Å². The molecule has 1 saturated heterocycles. The highest BCUT2D eigenvalue weighted by molar-refractivity contribution is 7.89. The first-order valence-electron chi connectivity index (χ1n) is 11.4. The molecule has 1 unspecified atom stereocenters. The van der Waals surface area contributed by atoms with Crippen molar-refractivity contribution in [2.45, 2.75) is 43.2 Å². The number of rotatable bonds is 10. The second-order valence-corrected chi connectivity index (χ2v) is 11.0. The van der Waals surface area contributed by atoms with Gasteiger partial charge in [0.25, 0.3) is 5.91 Å². The molecule has 2 atom stereocenters. The zero-order valence-electron chi connectivity index (χ0n) is 19.4. The Morgan fingerprint density at radius 2 is 1.91 bits per heavy atom. The van der Waals surface area contributed by atoms with Gasteiger partial charge in [0.1, 0.15) is 10.9 Å². The van der Waals surface area contributed by atoms with Crippen molar-refractivity contribution in [2.75, 3.05) is 26.2 Å². The Labute approximate surface area is 216 Å². The van der Waals surface area contributed by atoms with Crippen molar-refractivity contribution in [1.29, 1.82) is 0 Å². The van der Waals surface area contributed by atoms with Gasteiger partial charge >= 0.3 is 0 Å². The Bertz CT molecular complexity index is 1130. The number of morpholine rings is 1. The zero-order chi connectivity index (χ0) is 25.4. The number of nitrogens with zero attached hydrogens (tertiary/aromatic N) is 1. The summed E-state index contributed by atoms with van der Waals surface area (Å²) in [6.07, 6.45) is 1.57. The number of sulfonamides is 1. The van der Waals surface area contributed by atoms with Gasteiger partial charge in [0, 0.05) is 30.2 Å². The number of hydrogen-bond donors (Lipinski definition) is 2. The number of unbranched alkanes of at least 4 members (excludes halogenated alkanes) is 1. The largest absolute Gasteiger partial charge is 0.374 e. The molecule has 0 aromatic heterocycles. The Morgan fingerprint density at radius 3 is 2.60 bits per heavy atom. The van der Waals surface area contributed by atoms with E-state index >= 15 is 0 Å². The molecule has 0 radical (unpaired) electrons. The van der Waals surface area contributed by atoms with E-state index in [4.69, 9.17) is 27.9 Å². The summed E-state index contributed by atoms with van der Waals surface area (Å²) in [6, 6.07) is 12.2. The highest BCUT2D eigenvalue weighted by Crippen LogP contribution is 2.28. The first-order valence-corrected chi connectivity index (χ1v) is 13.6. The Balaban J connectivity index is 1.61. The third kappa shape index (κ3) is 7.41. The first kappa shape index (κ1) is 27.4. The molecule has 0 saturated carbocycles. The summed E-state index contributed by atoms with van der Waals surface area (Å²) in [7, 11) is -3.86. The van der Waals surface area contributed by atoms with Gasteiger partial charge in [-0.25, -0.2) is 8.42 Å². The number of carbonyl (C=O) groups is 2. The highest BCUT2D eigenvalue weighted by atomic mass is 35.5. The van der Waals surface area contributed by atoms with E-state index in [-0.39, 0.29) is 48.0 Å². The molecule has 3 rings (SSSR count). The molecule has 190 valence electrons. The van der Waals surface area contributed by atoms with Crippen LogP contribution in [0.25, 0.3) is 0 Å². The van der Waals surface area contributed by atoms with E-state index in [0.717, 1.165) is 12.8 Å². The summed E-state index contributed by atoms with van der Waals surface area (Å²) in [4.78, 5) is 25.4. The average molecular weight is 542 g/mol. The molecule has 1 fully saturated rings. The van der Waals surface area contributed by atoms with Gasteiger partial charge in [-0.2, -0.15) is 4.31 Å². The summed E-state index contributed by atoms with van der Waals surface area (Å²) in [6.45, 7) is 2.50. The van der Waals surface area contributed by atoms with Crippen molar-refractivity contribution in [3.05, 3.63) is 64.1 Å². The van der Waals surface area contributed by atoms with Gasteiger partial charge < -0.3 is 15.4 Å². The summed E-state index contributed by atoms with van der Waals surface area (Å²) in [5.74, 6) is -0.667. The maximum Gasteiger partial charge on any atom is 0.251 e. The molecule has 2 aromatic carbocycles. The van der Waals surface area contributed by atoms with E-state index in [0.29, 0.717) is 17.0 Å². The monoisotopic (exact) mass is 541 g/mol. The molecule has 2 aromatic rings. The molecule has 2 N–H and O–H groups in total. The second kappa shape index (κ2) is 12.7. The molecule has 0 spiro atoms. The molecular formula is C24H29Cl2N3O5S. The second-order valence-electron chi connectivity index (χ2n) is 8.21. The van der Waals surface area contributed by atoms with Crippen LogP contribution < -0.4 is 10.6 Å². The Hall–Kier alpha value is -2.17. The van der Waals surface area contributed by atoms with Crippen LogP contribution in [-0.4, -0.2) is 62.9 Å². The molecule has 1 heterocycles. The summed E-state index contributed by atoms with van der Waals surface area (Å²) >= 11 is 12.0. The van der Waals surface area contributed by atoms with E-state index in [1.807, 2.05) is 13.0 Å². The number of ether oxygens (including phenoxy) is 1. The lowest BCUT2D eigenvalue weighted by molar-refractivity contribution is -0.124. The van der Waals surface area contributed by atoms with Crippen LogP contribution in [0.1, 0.15) is 36.5 Å². The predicted molar refractivity (Wildman–Crippen MR) is 135 cm³/mol. The van der Waals surface area contributed by atoms with Gasteiger partial charge in [-0.3, -0.25) is 9.59 Å². The number of amides is 2. The first-order chi connectivity index (χ1) is 16.7. The molecule has 35 heavy (non-hydrogen) atoms. The minimum absolute atomic E-state index is 0.0310. The number of benzene rings is 2. The number of hydrogen-bond acceptors (Lipinski definition) is 5. The van der Waals surface area contributed by atoms with Crippen LogP contribution in [0.15, 0.2) is 53.4 Å².